The minimum atomic E-state index is -0.545. The molecule has 7 heteroatoms. The Bertz CT molecular complexity index is 1100. The first-order chi connectivity index (χ1) is 14.1. The maximum Gasteiger partial charge on any atom is 0.244 e. The van der Waals surface area contributed by atoms with E-state index in [0.29, 0.717) is 17.2 Å². The Kier molecular flexibility index (Phi) is 5.11. The number of carbonyl (C=O) groups is 2. The van der Waals surface area contributed by atoms with Crippen LogP contribution in [0.25, 0.3) is 0 Å². The number of halogens is 1. The van der Waals surface area contributed by atoms with Gasteiger partial charge < -0.3 is 5.32 Å². The van der Waals surface area contributed by atoms with Gasteiger partial charge in [-0.05, 0) is 29.8 Å². The molecule has 2 aromatic carbocycles. The van der Waals surface area contributed by atoms with Gasteiger partial charge in [0.15, 0.2) is 5.82 Å². The second-order valence-corrected chi connectivity index (χ2v) is 6.46. The Hall–Kier alpha value is -3.87. The first-order valence-electron chi connectivity index (χ1n) is 9.04. The number of nitrogens with one attached hydrogen (secondary N) is 1. The monoisotopic (exact) mass is 388 g/mol. The van der Waals surface area contributed by atoms with E-state index in [0.717, 1.165) is 5.56 Å². The van der Waals surface area contributed by atoms with E-state index >= 15 is 0 Å². The zero-order chi connectivity index (χ0) is 20.2. The molecule has 3 aromatic rings. The number of anilines is 2. The highest BCUT2D eigenvalue weighted by atomic mass is 19.1. The first kappa shape index (κ1) is 18.5. The number of carbonyl (C=O) groups excluding carboxylic acids is 2. The summed E-state index contributed by atoms with van der Waals surface area (Å²) in [7, 11) is 0. The number of aromatic nitrogens is 1. The lowest BCUT2D eigenvalue weighted by atomic mass is 10.1. The Labute approximate surface area is 166 Å². The van der Waals surface area contributed by atoms with Crippen LogP contribution in [0, 0.1) is 5.82 Å². The Morgan fingerprint density at radius 1 is 1.03 bits per heavy atom. The smallest absolute Gasteiger partial charge is 0.244 e. The van der Waals surface area contributed by atoms with Crippen LogP contribution in [0.4, 0.5) is 21.6 Å². The first-order valence-corrected chi connectivity index (χ1v) is 9.04. The maximum absolute atomic E-state index is 13.8. The quantitative estimate of drug-likeness (QED) is 0.740. The molecule has 0 saturated carbocycles. The van der Waals surface area contributed by atoms with Crippen LogP contribution in [0.5, 0.6) is 0 Å². The number of aliphatic imine (C=N–C) groups is 1. The predicted molar refractivity (Wildman–Crippen MR) is 109 cm³/mol. The average Bonchev–Trinajstić information content (AvgIpc) is 2.87. The summed E-state index contributed by atoms with van der Waals surface area (Å²) in [5.74, 6) is -1.08. The lowest BCUT2D eigenvalue weighted by Gasteiger charge is -2.20. The van der Waals surface area contributed by atoms with E-state index < -0.39 is 11.7 Å². The van der Waals surface area contributed by atoms with Gasteiger partial charge in [0.2, 0.25) is 11.8 Å². The average molecular weight is 388 g/mol. The summed E-state index contributed by atoms with van der Waals surface area (Å²) in [5.41, 5.74) is 1.98. The molecular formula is C22H17FN4O2. The summed E-state index contributed by atoms with van der Waals surface area (Å²) < 4.78 is 13.8. The predicted octanol–water partition coefficient (Wildman–Crippen LogP) is 3.72. The number of benzene rings is 2. The topological polar surface area (TPSA) is 74.7 Å². The Balaban J connectivity index is 1.62. The fourth-order valence-corrected chi connectivity index (χ4v) is 3.08. The number of para-hydroxylation sites is 1. The fraction of sp³-hybridized carbons (Fsp3) is 0.0909. The van der Waals surface area contributed by atoms with Crippen LogP contribution in [-0.2, 0) is 9.59 Å². The van der Waals surface area contributed by atoms with E-state index in [2.05, 4.69) is 15.3 Å². The summed E-state index contributed by atoms with van der Waals surface area (Å²) >= 11 is 0. The number of pyridine rings is 1. The molecule has 1 aliphatic rings. The molecule has 2 amide bonds. The van der Waals surface area contributed by atoms with Crippen LogP contribution in [0.2, 0.25) is 0 Å². The summed E-state index contributed by atoms with van der Waals surface area (Å²) in [4.78, 5) is 35.6. The molecule has 0 spiro atoms. The number of nitrogens with zero attached hydrogens (tertiary/aromatic N) is 3. The van der Waals surface area contributed by atoms with Crippen molar-refractivity contribution in [2.75, 3.05) is 16.8 Å². The van der Waals surface area contributed by atoms with E-state index in [-0.39, 0.29) is 24.6 Å². The van der Waals surface area contributed by atoms with Gasteiger partial charge >= 0.3 is 0 Å². The van der Waals surface area contributed by atoms with Crippen LogP contribution in [-0.4, -0.2) is 29.1 Å². The number of hydrogen-bond acceptors (Lipinski definition) is 4. The van der Waals surface area contributed by atoms with Crippen molar-refractivity contribution < 1.29 is 14.0 Å². The van der Waals surface area contributed by atoms with Crippen molar-refractivity contribution in [1.29, 1.82) is 0 Å². The van der Waals surface area contributed by atoms with E-state index in [9.17, 15) is 14.0 Å². The lowest BCUT2D eigenvalue weighted by Crippen LogP contribution is -2.39. The van der Waals surface area contributed by atoms with Crippen molar-refractivity contribution in [1.82, 2.24) is 4.98 Å². The summed E-state index contributed by atoms with van der Waals surface area (Å²) in [6.45, 7) is -0.297. The molecule has 1 N–H and O–H groups in total. The van der Waals surface area contributed by atoms with Crippen molar-refractivity contribution in [3.63, 3.8) is 0 Å². The fourth-order valence-electron chi connectivity index (χ4n) is 3.08. The summed E-state index contributed by atoms with van der Waals surface area (Å²) in [6, 6.07) is 18.7. The standard InChI is InChI=1S/C22H17FN4O2/c23-16-9-4-5-10-17(16)26-20(28)14-27-21(29)13-19(15-7-2-1-3-8-15)25-18-11-6-12-24-22(18)27/h1-12H,13-14H2,(H,26,28). The third-order valence-electron chi connectivity index (χ3n) is 4.45. The van der Waals surface area contributed by atoms with Crippen molar-refractivity contribution in [2.45, 2.75) is 6.42 Å². The van der Waals surface area contributed by atoms with Gasteiger partial charge in [-0.15, -0.1) is 0 Å². The van der Waals surface area contributed by atoms with E-state index in [1.54, 1.807) is 18.2 Å². The van der Waals surface area contributed by atoms with Crippen molar-refractivity contribution >= 4 is 34.7 Å². The molecule has 29 heavy (non-hydrogen) atoms. The van der Waals surface area contributed by atoms with E-state index in [4.69, 9.17) is 0 Å². The summed E-state index contributed by atoms with van der Waals surface area (Å²) in [6.07, 6.45) is 1.56. The molecule has 4 rings (SSSR count). The number of fused-ring (bicyclic) bond motifs is 1. The van der Waals surface area contributed by atoms with Gasteiger partial charge in [-0.1, -0.05) is 42.5 Å². The van der Waals surface area contributed by atoms with Crippen LogP contribution < -0.4 is 10.2 Å². The molecule has 144 valence electrons. The molecule has 1 aromatic heterocycles. The Morgan fingerprint density at radius 3 is 2.59 bits per heavy atom. The van der Waals surface area contributed by atoms with E-state index in [1.165, 1.54) is 29.3 Å². The molecule has 0 atom stereocenters. The van der Waals surface area contributed by atoms with Gasteiger partial charge in [-0.25, -0.2) is 14.4 Å². The van der Waals surface area contributed by atoms with Gasteiger partial charge in [0.05, 0.1) is 17.8 Å². The van der Waals surface area contributed by atoms with Crippen molar-refractivity contribution in [3.8, 4) is 0 Å². The second kappa shape index (κ2) is 8.02. The van der Waals surface area contributed by atoms with Gasteiger partial charge in [0, 0.05) is 6.20 Å². The largest absolute Gasteiger partial charge is 0.322 e. The number of amides is 2. The van der Waals surface area contributed by atoms with Gasteiger partial charge in [0.25, 0.3) is 0 Å². The maximum atomic E-state index is 13.8. The minimum Gasteiger partial charge on any atom is -0.322 e. The molecule has 0 unspecified atom stereocenters. The molecule has 6 nitrogen and oxygen atoms in total. The zero-order valence-corrected chi connectivity index (χ0v) is 15.4. The highest BCUT2D eigenvalue weighted by Crippen LogP contribution is 2.30. The van der Waals surface area contributed by atoms with Crippen LogP contribution in [0.3, 0.4) is 0 Å². The van der Waals surface area contributed by atoms with Crippen LogP contribution in [0.15, 0.2) is 77.9 Å². The third kappa shape index (κ3) is 4.03. The minimum absolute atomic E-state index is 0.0212. The second-order valence-electron chi connectivity index (χ2n) is 6.46. The van der Waals surface area contributed by atoms with Crippen LogP contribution >= 0.6 is 0 Å². The normalized spacial score (nSPS) is 13.3. The number of hydrogen-bond donors (Lipinski definition) is 1. The summed E-state index contributed by atoms with van der Waals surface area (Å²) in [5, 5.41) is 2.50. The van der Waals surface area contributed by atoms with E-state index in [1.807, 2.05) is 30.3 Å². The molecule has 1 aliphatic heterocycles. The van der Waals surface area contributed by atoms with Crippen molar-refractivity contribution in [3.05, 3.63) is 84.3 Å². The lowest BCUT2D eigenvalue weighted by molar-refractivity contribution is -0.120. The van der Waals surface area contributed by atoms with Gasteiger partial charge in [-0.2, -0.15) is 0 Å². The number of rotatable bonds is 4. The molecule has 0 bridgehead atoms. The third-order valence-corrected chi connectivity index (χ3v) is 4.45. The molecule has 0 aliphatic carbocycles. The molecule has 2 heterocycles. The molecule has 0 radical (unpaired) electrons. The molecule has 0 saturated heterocycles. The Morgan fingerprint density at radius 2 is 1.79 bits per heavy atom. The van der Waals surface area contributed by atoms with Gasteiger partial charge in [-0.3, -0.25) is 14.5 Å². The SMILES string of the molecule is O=C(CN1C(=O)CC(c2ccccc2)=Nc2cccnc21)Nc1ccccc1F. The van der Waals surface area contributed by atoms with Crippen LogP contribution in [0.1, 0.15) is 12.0 Å². The molecular weight excluding hydrogens is 371 g/mol. The highest BCUT2D eigenvalue weighted by molar-refractivity contribution is 6.18. The zero-order valence-electron chi connectivity index (χ0n) is 15.4. The van der Waals surface area contributed by atoms with Crippen molar-refractivity contribution in [2.24, 2.45) is 4.99 Å². The highest BCUT2D eigenvalue weighted by Gasteiger charge is 2.27. The van der Waals surface area contributed by atoms with Gasteiger partial charge in [0.1, 0.15) is 18.0 Å². The molecule has 0 fully saturated rings.